The third-order valence-corrected chi connectivity index (χ3v) is 4.15. The molecule has 1 aromatic carbocycles. The predicted octanol–water partition coefficient (Wildman–Crippen LogP) is 5.83. The van der Waals surface area contributed by atoms with Gasteiger partial charge in [-0.15, -0.1) is 5.73 Å². The summed E-state index contributed by atoms with van der Waals surface area (Å²) < 4.78 is 5.80. The quantitative estimate of drug-likeness (QED) is 0.307. The number of benzene rings is 1. The standard InChI is InChI=1S/C20H26OS/c22-17-9-5-3-1-2-4-8-16-21-20-14-12-19(13-15-20)18-10-6-7-11-18/h6-7,10,12-15,22H,1-5,8-9,16-17H2. The average molecular weight is 314 g/mol. The summed E-state index contributed by atoms with van der Waals surface area (Å²) in [7, 11) is 0. The van der Waals surface area contributed by atoms with E-state index in [9.17, 15) is 0 Å². The number of thiol groups is 1. The Labute approximate surface area is 140 Å². The molecule has 0 amide bonds. The van der Waals surface area contributed by atoms with Crippen molar-refractivity contribution in [2.24, 2.45) is 0 Å². The van der Waals surface area contributed by atoms with E-state index in [4.69, 9.17) is 4.74 Å². The number of hydrogen-bond donors (Lipinski definition) is 1. The zero-order valence-electron chi connectivity index (χ0n) is 13.3. The van der Waals surface area contributed by atoms with Crippen LogP contribution in [-0.4, -0.2) is 12.4 Å². The zero-order chi connectivity index (χ0) is 15.5. The molecule has 1 aliphatic rings. The topological polar surface area (TPSA) is 9.23 Å². The van der Waals surface area contributed by atoms with Gasteiger partial charge < -0.3 is 4.74 Å². The number of rotatable bonds is 11. The lowest BCUT2D eigenvalue weighted by atomic mass is 10.1. The third kappa shape index (κ3) is 6.17. The maximum Gasteiger partial charge on any atom is 0.119 e. The van der Waals surface area contributed by atoms with Crippen LogP contribution < -0.4 is 4.74 Å². The van der Waals surface area contributed by atoms with Crippen LogP contribution >= 0.6 is 12.6 Å². The normalized spacial score (nSPS) is 12.7. The first-order valence-electron chi connectivity index (χ1n) is 8.37. The first kappa shape index (κ1) is 17.0. The Morgan fingerprint density at radius 2 is 1.55 bits per heavy atom. The van der Waals surface area contributed by atoms with E-state index in [1.54, 1.807) is 0 Å². The molecule has 1 aliphatic carbocycles. The van der Waals surface area contributed by atoms with E-state index in [1.165, 1.54) is 44.1 Å². The Hall–Kier alpha value is -1.37. The molecule has 2 rings (SSSR count). The van der Waals surface area contributed by atoms with Crippen molar-refractivity contribution in [2.75, 3.05) is 12.4 Å². The highest BCUT2D eigenvalue weighted by molar-refractivity contribution is 7.80. The van der Waals surface area contributed by atoms with Gasteiger partial charge in [-0.25, -0.2) is 0 Å². The van der Waals surface area contributed by atoms with E-state index in [0.29, 0.717) is 0 Å². The van der Waals surface area contributed by atoms with E-state index in [0.717, 1.165) is 30.1 Å². The van der Waals surface area contributed by atoms with Gasteiger partial charge in [-0.1, -0.05) is 50.3 Å². The molecule has 0 aliphatic heterocycles. The molecule has 22 heavy (non-hydrogen) atoms. The molecule has 1 nitrogen and oxygen atoms in total. The van der Waals surface area contributed by atoms with Crippen molar-refractivity contribution < 1.29 is 4.74 Å². The molecule has 0 saturated carbocycles. The van der Waals surface area contributed by atoms with Crippen LogP contribution in [0.3, 0.4) is 0 Å². The van der Waals surface area contributed by atoms with Crippen LogP contribution in [0.5, 0.6) is 5.75 Å². The van der Waals surface area contributed by atoms with E-state index in [2.05, 4.69) is 36.6 Å². The van der Waals surface area contributed by atoms with Crippen molar-refractivity contribution in [1.29, 1.82) is 0 Å². The lowest BCUT2D eigenvalue weighted by molar-refractivity contribution is 0.304. The minimum absolute atomic E-state index is 0.818. The van der Waals surface area contributed by atoms with Gasteiger partial charge in [0.2, 0.25) is 0 Å². The van der Waals surface area contributed by atoms with Gasteiger partial charge in [0, 0.05) is 5.57 Å². The molecular weight excluding hydrogens is 288 g/mol. The summed E-state index contributed by atoms with van der Waals surface area (Å²) >= 11 is 4.23. The van der Waals surface area contributed by atoms with Crippen LogP contribution in [0.25, 0.3) is 5.57 Å². The molecule has 1 aromatic rings. The van der Waals surface area contributed by atoms with Gasteiger partial charge in [-0.05, 0) is 48.4 Å². The summed E-state index contributed by atoms with van der Waals surface area (Å²) in [5.74, 6) is 1.99. The summed E-state index contributed by atoms with van der Waals surface area (Å²) in [6, 6.07) is 8.30. The molecule has 0 fully saturated rings. The Bertz CT molecular complexity index is 521. The number of ether oxygens (including phenoxy) is 1. The smallest absolute Gasteiger partial charge is 0.119 e. The van der Waals surface area contributed by atoms with E-state index in [1.807, 2.05) is 24.3 Å². The van der Waals surface area contributed by atoms with Gasteiger partial charge in [0.05, 0.1) is 6.61 Å². The van der Waals surface area contributed by atoms with Crippen molar-refractivity contribution in [1.82, 2.24) is 0 Å². The van der Waals surface area contributed by atoms with E-state index >= 15 is 0 Å². The average Bonchev–Trinajstić information content (AvgIpc) is 3.08. The molecule has 0 heterocycles. The summed E-state index contributed by atoms with van der Waals surface area (Å²) in [5.41, 5.74) is 5.55. The molecule has 0 radical (unpaired) electrons. The maximum atomic E-state index is 5.80. The van der Waals surface area contributed by atoms with Gasteiger partial charge >= 0.3 is 0 Å². The molecule has 0 spiro atoms. The monoisotopic (exact) mass is 314 g/mol. The van der Waals surface area contributed by atoms with Crippen molar-refractivity contribution in [3.05, 3.63) is 53.8 Å². The Balaban J connectivity index is 1.56. The molecule has 2 heteroatoms. The van der Waals surface area contributed by atoms with Crippen molar-refractivity contribution in [3.8, 4) is 5.75 Å². The first-order chi connectivity index (χ1) is 10.9. The van der Waals surface area contributed by atoms with Gasteiger partial charge in [-0.3, -0.25) is 0 Å². The van der Waals surface area contributed by atoms with Crippen LogP contribution in [0.1, 0.15) is 50.5 Å². The lowest BCUT2D eigenvalue weighted by Crippen LogP contribution is -1.97. The highest BCUT2D eigenvalue weighted by atomic mass is 32.1. The molecule has 0 saturated heterocycles. The van der Waals surface area contributed by atoms with Gasteiger partial charge in [-0.2, -0.15) is 12.6 Å². The van der Waals surface area contributed by atoms with Crippen LogP contribution in [0.2, 0.25) is 0 Å². The summed E-state index contributed by atoms with van der Waals surface area (Å²) in [6.45, 7) is 0.818. The molecular formula is C20H26OS. The fraction of sp³-hybridized carbons (Fsp3) is 0.450. The molecule has 0 bridgehead atoms. The maximum absolute atomic E-state index is 5.80. The predicted molar refractivity (Wildman–Crippen MR) is 98.7 cm³/mol. The lowest BCUT2D eigenvalue weighted by Gasteiger charge is -2.07. The Morgan fingerprint density at radius 1 is 0.864 bits per heavy atom. The van der Waals surface area contributed by atoms with Crippen LogP contribution in [0.4, 0.5) is 0 Å². The number of unbranched alkanes of at least 4 members (excludes halogenated alkanes) is 6. The fourth-order valence-electron chi connectivity index (χ4n) is 2.53. The minimum atomic E-state index is 0.818. The third-order valence-electron chi connectivity index (χ3n) is 3.83. The van der Waals surface area contributed by atoms with Gasteiger partial charge in [0.15, 0.2) is 0 Å². The fourth-order valence-corrected chi connectivity index (χ4v) is 2.75. The summed E-state index contributed by atoms with van der Waals surface area (Å²) in [6.07, 6.45) is 15.0. The van der Waals surface area contributed by atoms with Gasteiger partial charge in [0.25, 0.3) is 0 Å². The molecule has 0 atom stereocenters. The summed E-state index contributed by atoms with van der Waals surface area (Å²) in [4.78, 5) is 0. The number of allylic oxidation sites excluding steroid dienone is 3. The van der Waals surface area contributed by atoms with E-state index < -0.39 is 0 Å². The second-order valence-electron chi connectivity index (χ2n) is 5.66. The highest BCUT2D eigenvalue weighted by Crippen LogP contribution is 2.21. The Morgan fingerprint density at radius 3 is 2.18 bits per heavy atom. The molecule has 118 valence electrons. The molecule has 0 aromatic heterocycles. The van der Waals surface area contributed by atoms with Crippen LogP contribution in [0.15, 0.2) is 48.2 Å². The second-order valence-corrected chi connectivity index (χ2v) is 6.10. The number of hydrogen-bond acceptors (Lipinski definition) is 2. The van der Waals surface area contributed by atoms with Crippen molar-refractivity contribution >= 4 is 18.2 Å². The summed E-state index contributed by atoms with van der Waals surface area (Å²) in [5, 5.41) is 0. The van der Waals surface area contributed by atoms with Crippen molar-refractivity contribution in [3.63, 3.8) is 0 Å². The van der Waals surface area contributed by atoms with Crippen LogP contribution in [-0.2, 0) is 0 Å². The SMILES string of the molecule is SCCCCCCCCCOc1ccc(C2=C=CC=C2)cc1. The molecule has 0 N–H and O–H groups in total. The van der Waals surface area contributed by atoms with Crippen LogP contribution in [0, 0.1) is 0 Å². The highest BCUT2D eigenvalue weighted by Gasteiger charge is 2.00. The van der Waals surface area contributed by atoms with Gasteiger partial charge in [0.1, 0.15) is 5.75 Å². The first-order valence-corrected chi connectivity index (χ1v) is 9.01. The minimum Gasteiger partial charge on any atom is -0.494 e. The molecule has 0 unspecified atom stereocenters. The van der Waals surface area contributed by atoms with E-state index in [-0.39, 0.29) is 0 Å². The van der Waals surface area contributed by atoms with Crippen molar-refractivity contribution in [2.45, 2.75) is 44.9 Å². The largest absolute Gasteiger partial charge is 0.494 e. The zero-order valence-corrected chi connectivity index (χ0v) is 14.2. The second kappa shape index (κ2) is 10.4. The Kier molecular flexibility index (Phi) is 8.01.